The number of rotatable bonds is 7. The maximum absolute atomic E-state index is 5.76. The second-order valence-corrected chi connectivity index (χ2v) is 28.0. The summed E-state index contributed by atoms with van der Waals surface area (Å²) in [5, 5.41) is 9.92. The third kappa shape index (κ3) is 8.11. The lowest BCUT2D eigenvalue weighted by atomic mass is 9.79. The van der Waals surface area contributed by atoms with Crippen molar-refractivity contribution in [3.8, 4) is 23.3 Å². The summed E-state index contributed by atoms with van der Waals surface area (Å²) >= 11 is 0. The fraction of sp³-hybridized carbons (Fsp3) is 0.239. The molecule has 0 aliphatic carbocycles. The highest BCUT2D eigenvalue weighted by Crippen LogP contribution is 2.44. The molecule has 6 heteroatoms. The van der Waals surface area contributed by atoms with Gasteiger partial charge in [0.1, 0.15) is 0 Å². The molecule has 0 radical (unpaired) electrons. The summed E-state index contributed by atoms with van der Waals surface area (Å²) in [7, 11) is -2.92. The van der Waals surface area contributed by atoms with E-state index in [0.717, 1.165) is 27.6 Å². The smallest absolute Gasteiger partial charge is 0.240 e. The average molecular weight is 970 g/mol. The second-order valence-electron chi connectivity index (χ2n) is 24.2. The van der Waals surface area contributed by atoms with Crippen LogP contribution in [0.4, 0.5) is 0 Å². The van der Waals surface area contributed by atoms with E-state index in [1.54, 1.807) is 0 Å². The van der Waals surface area contributed by atoms with E-state index < -0.39 is 8.07 Å². The first kappa shape index (κ1) is 47.9. The van der Waals surface area contributed by atoms with Gasteiger partial charge in [-0.25, -0.2) is 0 Å². The van der Waals surface area contributed by atoms with Gasteiger partial charge in [-0.2, -0.15) is 15.0 Å². The van der Waals surface area contributed by atoms with E-state index in [9.17, 15) is 0 Å². The summed E-state index contributed by atoms with van der Waals surface area (Å²) in [5.41, 5.74) is 9.84. The Hall–Kier alpha value is -7.41. The topological polar surface area (TPSA) is 48.5 Å². The van der Waals surface area contributed by atoms with Crippen LogP contribution in [0.25, 0.3) is 66.9 Å². The third-order valence-electron chi connectivity index (χ3n) is 15.1. The van der Waals surface area contributed by atoms with Crippen molar-refractivity contribution in [3.05, 3.63) is 210 Å². The summed E-state index contributed by atoms with van der Waals surface area (Å²) in [4.78, 5) is 17.2. The van der Waals surface area contributed by atoms with Crippen LogP contribution < -0.4 is 20.7 Å². The van der Waals surface area contributed by atoms with Crippen LogP contribution in [0.2, 0.25) is 0 Å². The lowest BCUT2D eigenvalue weighted by Crippen LogP contribution is -2.74. The van der Waals surface area contributed by atoms with Gasteiger partial charge >= 0.3 is 0 Å². The number of hydrogen-bond donors (Lipinski definition) is 0. The van der Waals surface area contributed by atoms with Gasteiger partial charge in [-0.3, -0.25) is 9.13 Å². The van der Waals surface area contributed by atoms with Gasteiger partial charge in [-0.1, -0.05) is 247 Å². The van der Waals surface area contributed by atoms with Crippen LogP contribution in [-0.2, 0) is 21.7 Å². The fourth-order valence-electron chi connectivity index (χ4n) is 11.3. The predicted molar refractivity (Wildman–Crippen MR) is 312 cm³/mol. The molecule has 73 heavy (non-hydrogen) atoms. The van der Waals surface area contributed by atoms with Crippen molar-refractivity contribution < 1.29 is 0 Å². The van der Waals surface area contributed by atoms with Crippen LogP contribution >= 0.6 is 0 Å². The van der Waals surface area contributed by atoms with E-state index in [1.807, 2.05) is 0 Å². The van der Waals surface area contributed by atoms with E-state index in [2.05, 4.69) is 280 Å². The highest BCUT2D eigenvalue weighted by molar-refractivity contribution is 7.19. The molecule has 364 valence electrons. The maximum Gasteiger partial charge on any atom is 0.240 e. The molecule has 3 aromatic heterocycles. The monoisotopic (exact) mass is 970 g/mol. The second kappa shape index (κ2) is 17.4. The van der Waals surface area contributed by atoms with Gasteiger partial charge in [-0.15, -0.1) is 0 Å². The average Bonchev–Trinajstić information content (AvgIpc) is 3.89. The minimum absolute atomic E-state index is 0.0676. The van der Waals surface area contributed by atoms with E-state index in [-0.39, 0.29) is 21.7 Å². The zero-order valence-corrected chi connectivity index (χ0v) is 45.6. The van der Waals surface area contributed by atoms with Crippen LogP contribution in [0.3, 0.4) is 0 Å². The molecule has 0 unspecified atom stereocenters. The molecular weight excluding hydrogens is 903 g/mol. The van der Waals surface area contributed by atoms with Crippen molar-refractivity contribution in [2.24, 2.45) is 0 Å². The summed E-state index contributed by atoms with van der Waals surface area (Å²) in [6.07, 6.45) is 0. The van der Waals surface area contributed by atoms with Crippen molar-refractivity contribution in [1.29, 1.82) is 0 Å². The Bertz CT molecular complexity index is 3610. The summed E-state index contributed by atoms with van der Waals surface area (Å²) in [6.45, 7) is 27.8. The minimum Gasteiger partial charge on any atom is -0.277 e. The lowest BCUT2D eigenvalue weighted by molar-refractivity contribution is 0.571. The van der Waals surface area contributed by atoms with Crippen LogP contribution in [-0.4, -0.2) is 32.2 Å². The molecule has 0 aliphatic heterocycles. The Morgan fingerprint density at radius 2 is 0.699 bits per heavy atom. The van der Waals surface area contributed by atoms with Crippen molar-refractivity contribution in [2.75, 3.05) is 0 Å². The van der Waals surface area contributed by atoms with Crippen LogP contribution in [0, 0.1) is 0 Å². The zero-order valence-electron chi connectivity index (χ0n) is 44.6. The molecule has 0 bridgehead atoms. The molecule has 0 saturated carbocycles. The first-order valence-corrected chi connectivity index (χ1v) is 28.0. The van der Waals surface area contributed by atoms with Crippen molar-refractivity contribution >= 4 is 72.4 Å². The molecule has 0 N–H and O–H groups in total. The SMILES string of the molecule is CC(C)(C)c1cc(C(C)(C)C)c2c(c1)c1ccccc1n2-c1nc(-c2cccc([Si](c3ccccc3)(c3ccccc3)c3ccccc3)c2)nc(-n2c3ccccc3c3cc(C(C)(C)C)cc(C(C)(C)C)c32)n1. The lowest BCUT2D eigenvalue weighted by Gasteiger charge is -2.34. The molecule has 11 rings (SSSR count). The molecular formula is C67H67N5Si. The first-order chi connectivity index (χ1) is 34.7. The minimum atomic E-state index is -2.92. The number of fused-ring (bicyclic) bond motifs is 6. The van der Waals surface area contributed by atoms with Gasteiger partial charge in [0.2, 0.25) is 11.9 Å². The molecule has 0 saturated heterocycles. The Morgan fingerprint density at radius 1 is 0.329 bits per heavy atom. The van der Waals surface area contributed by atoms with Gasteiger partial charge in [-0.05, 0) is 88.9 Å². The first-order valence-electron chi connectivity index (χ1n) is 26.0. The van der Waals surface area contributed by atoms with Crippen LogP contribution in [0.1, 0.15) is 105 Å². The molecule has 0 aliphatic rings. The quantitative estimate of drug-likeness (QED) is 0.118. The number of hydrogen-bond acceptors (Lipinski definition) is 3. The number of para-hydroxylation sites is 2. The normalized spacial score (nSPS) is 12.9. The van der Waals surface area contributed by atoms with E-state index >= 15 is 0 Å². The van der Waals surface area contributed by atoms with Crippen LogP contribution in [0.15, 0.2) is 188 Å². The van der Waals surface area contributed by atoms with E-state index in [4.69, 9.17) is 15.0 Å². The number of aromatic nitrogens is 5. The van der Waals surface area contributed by atoms with Crippen LogP contribution in [0.5, 0.6) is 0 Å². The molecule has 0 amide bonds. The Labute approximate surface area is 432 Å². The predicted octanol–water partition coefficient (Wildman–Crippen LogP) is 14.3. The molecule has 0 fully saturated rings. The highest BCUT2D eigenvalue weighted by Gasteiger charge is 2.42. The summed E-state index contributed by atoms with van der Waals surface area (Å²) in [6, 6.07) is 69.7. The van der Waals surface area contributed by atoms with Gasteiger partial charge in [0.25, 0.3) is 0 Å². The third-order valence-corrected chi connectivity index (χ3v) is 19.8. The molecule has 3 heterocycles. The summed E-state index contributed by atoms with van der Waals surface area (Å²) in [5.74, 6) is 1.78. The van der Waals surface area contributed by atoms with Crippen molar-refractivity contribution in [3.63, 3.8) is 0 Å². The molecule has 0 atom stereocenters. The van der Waals surface area contributed by atoms with Gasteiger partial charge in [0, 0.05) is 27.1 Å². The number of benzene rings is 8. The Balaban J connectivity index is 1.29. The largest absolute Gasteiger partial charge is 0.277 e. The zero-order chi connectivity index (χ0) is 51.2. The molecule has 8 aromatic carbocycles. The summed E-state index contributed by atoms with van der Waals surface area (Å²) < 4.78 is 4.67. The maximum atomic E-state index is 5.76. The molecule has 5 nitrogen and oxygen atoms in total. The standard InChI is InChI=1S/C67H67N5Si/c1-64(2,3)45-40-53-51-35-22-24-37-57(51)71(59(53)55(42-45)66(7,8)9)62-68-61(69-63(70-62)72-58-38-25-23-36-52(58)54-41-46(65(4,5)6)43-56(60(54)72)67(10,11)12)44-27-26-34-50(39-44)73(47-28-16-13-17-29-47,48-30-18-14-19-31-48)49-32-20-15-21-33-49/h13-43H,1-12H3. The Morgan fingerprint density at radius 3 is 1.08 bits per heavy atom. The fourth-order valence-corrected chi connectivity index (χ4v) is 16.1. The van der Waals surface area contributed by atoms with E-state index in [1.165, 1.54) is 64.5 Å². The van der Waals surface area contributed by atoms with Gasteiger partial charge in [0.05, 0.1) is 22.1 Å². The van der Waals surface area contributed by atoms with Crippen molar-refractivity contribution in [2.45, 2.75) is 105 Å². The van der Waals surface area contributed by atoms with E-state index in [0.29, 0.717) is 17.7 Å². The molecule has 11 aromatic rings. The van der Waals surface area contributed by atoms with Gasteiger partial charge in [0.15, 0.2) is 13.9 Å². The number of nitrogens with zero attached hydrogens (tertiary/aromatic N) is 5. The highest BCUT2D eigenvalue weighted by atomic mass is 28.3. The molecule has 0 spiro atoms. The van der Waals surface area contributed by atoms with Crippen molar-refractivity contribution in [1.82, 2.24) is 24.1 Å². The van der Waals surface area contributed by atoms with Gasteiger partial charge < -0.3 is 0 Å². The Kier molecular flexibility index (Phi) is 11.4.